The SMILES string of the molecule is CCCCCOCCOc1ccccc1C(N)=S. The molecule has 1 rings (SSSR count). The number of thiocarbonyl (C=S) groups is 1. The summed E-state index contributed by atoms with van der Waals surface area (Å²) in [5.74, 6) is 0.724. The van der Waals surface area contributed by atoms with E-state index >= 15 is 0 Å². The van der Waals surface area contributed by atoms with Gasteiger partial charge in [-0.2, -0.15) is 0 Å². The minimum Gasteiger partial charge on any atom is -0.490 e. The molecule has 0 spiro atoms. The number of hydrogen-bond acceptors (Lipinski definition) is 3. The van der Waals surface area contributed by atoms with E-state index in [0.29, 0.717) is 18.2 Å². The molecule has 18 heavy (non-hydrogen) atoms. The van der Waals surface area contributed by atoms with Crippen molar-refractivity contribution in [3.63, 3.8) is 0 Å². The summed E-state index contributed by atoms with van der Waals surface area (Å²) in [4.78, 5) is 0.356. The Bertz CT molecular complexity index is 369. The van der Waals surface area contributed by atoms with Crippen LogP contribution in [0.1, 0.15) is 31.7 Å². The largest absolute Gasteiger partial charge is 0.490 e. The lowest BCUT2D eigenvalue weighted by Gasteiger charge is -2.10. The molecule has 0 aliphatic heterocycles. The second-order valence-electron chi connectivity index (χ2n) is 4.03. The topological polar surface area (TPSA) is 44.5 Å². The Labute approximate surface area is 114 Å². The van der Waals surface area contributed by atoms with Crippen molar-refractivity contribution >= 4 is 17.2 Å². The van der Waals surface area contributed by atoms with Crippen LogP contribution < -0.4 is 10.5 Å². The van der Waals surface area contributed by atoms with E-state index < -0.39 is 0 Å². The maximum absolute atomic E-state index is 5.62. The highest BCUT2D eigenvalue weighted by Gasteiger charge is 2.04. The van der Waals surface area contributed by atoms with Gasteiger partial charge in [-0.1, -0.05) is 44.1 Å². The molecular formula is C14H21NO2S. The van der Waals surface area contributed by atoms with Crippen LogP contribution in [0.4, 0.5) is 0 Å². The molecular weight excluding hydrogens is 246 g/mol. The number of nitrogens with two attached hydrogens (primary N) is 1. The van der Waals surface area contributed by atoms with Crippen molar-refractivity contribution in [3.05, 3.63) is 29.8 Å². The molecule has 0 aromatic heterocycles. The molecule has 2 N–H and O–H groups in total. The lowest BCUT2D eigenvalue weighted by molar-refractivity contribution is 0.0973. The second kappa shape index (κ2) is 8.89. The summed E-state index contributed by atoms with van der Waals surface area (Å²) in [7, 11) is 0. The number of rotatable bonds is 9. The Morgan fingerprint density at radius 2 is 1.94 bits per heavy atom. The molecule has 0 fully saturated rings. The van der Waals surface area contributed by atoms with E-state index in [1.54, 1.807) is 0 Å². The first-order chi connectivity index (χ1) is 8.75. The predicted octanol–water partition coefficient (Wildman–Crippen LogP) is 2.91. The highest BCUT2D eigenvalue weighted by Crippen LogP contribution is 2.17. The summed E-state index contributed by atoms with van der Waals surface area (Å²) >= 11 is 4.97. The molecule has 0 aliphatic carbocycles. The minimum absolute atomic E-state index is 0.356. The molecule has 4 heteroatoms. The van der Waals surface area contributed by atoms with Crippen LogP contribution in [0.25, 0.3) is 0 Å². The summed E-state index contributed by atoms with van der Waals surface area (Å²) in [6, 6.07) is 7.52. The summed E-state index contributed by atoms with van der Waals surface area (Å²) in [5.41, 5.74) is 6.40. The van der Waals surface area contributed by atoms with Crippen LogP contribution in [0.3, 0.4) is 0 Å². The molecule has 3 nitrogen and oxygen atoms in total. The van der Waals surface area contributed by atoms with Crippen LogP contribution in [0.2, 0.25) is 0 Å². The van der Waals surface area contributed by atoms with Crippen molar-refractivity contribution in [2.24, 2.45) is 5.73 Å². The Morgan fingerprint density at radius 3 is 2.67 bits per heavy atom. The Balaban J connectivity index is 2.25. The van der Waals surface area contributed by atoms with Crippen LogP contribution in [0, 0.1) is 0 Å². The molecule has 0 amide bonds. The van der Waals surface area contributed by atoms with Crippen LogP contribution in [0.5, 0.6) is 5.75 Å². The first kappa shape index (κ1) is 14.9. The van der Waals surface area contributed by atoms with Crippen molar-refractivity contribution in [3.8, 4) is 5.75 Å². The Hall–Kier alpha value is -1.13. The third-order valence-corrected chi connectivity index (χ3v) is 2.75. The average Bonchev–Trinajstić information content (AvgIpc) is 2.38. The second-order valence-corrected chi connectivity index (χ2v) is 4.47. The van der Waals surface area contributed by atoms with E-state index in [4.69, 9.17) is 27.4 Å². The maximum Gasteiger partial charge on any atom is 0.129 e. The lowest BCUT2D eigenvalue weighted by Crippen LogP contribution is -2.13. The van der Waals surface area contributed by atoms with Crippen molar-refractivity contribution in [1.29, 1.82) is 0 Å². The van der Waals surface area contributed by atoms with Gasteiger partial charge in [-0.3, -0.25) is 0 Å². The third kappa shape index (κ3) is 5.47. The van der Waals surface area contributed by atoms with E-state index in [2.05, 4.69) is 6.92 Å². The number of unbranched alkanes of at least 4 members (excludes halogenated alkanes) is 2. The zero-order valence-electron chi connectivity index (χ0n) is 10.9. The van der Waals surface area contributed by atoms with Crippen LogP contribution in [0.15, 0.2) is 24.3 Å². The zero-order valence-corrected chi connectivity index (χ0v) is 11.7. The number of benzene rings is 1. The van der Waals surface area contributed by atoms with Gasteiger partial charge in [0.25, 0.3) is 0 Å². The Kier molecular flexibility index (Phi) is 7.37. The van der Waals surface area contributed by atoms with Gasteiger partial charge in [0.05, 0.1) is 12.2 Å². The molecule has 0 bridgehead atoms. The molecule has 1 aromatic carbocycles. The standard InChI is InChI=1S/C14H21NO2S/c1-2-3-6-9-16-10-11-17-13-8-5-4-7-12(13)14(15)18/h4-5,7-8H,2-3,6,9-11H2,1H3,(H2,15,18). The lowest BCUT2D eigenvalue weighted by atomic mass is 10.2. The molecule has 0 saturated heterocycles. The fraction of sp³-hybridized carbons (Fsp3) is 0.500. The van der Waals surface area contributed by atoms with Gasteiger partial charge >= 0.3 is 0 Å². The maximum atomic E-state index is 5.62. The minimum atomic E-state index is 0.356. The quantitative estimate of drug-likeness (QED) is 0.552. The van der Waals surface area contributed by atoms with Gasteiger partial charge in [0.1, 0.15) is 17.3 Å². The van der Waals surface area contributed by atoms with Crippen LogP contribution >= 0.6 is 12.2 Å². The highest BCUT2D eigenvalue weighted by atomic mass is 32.1. The molecule has 0 radical (unpaired) electrons. The van der Waals surface area contributed by atoms with Gasteiger partial charge < -0.3 is 15.2 Å². The molecule has 0 saturated carbocycles. The molecule has 0 atom stereocenters. The fourth-order valence-electron chi connectivity index (χ4n) is 1.56. The fourth-order valence-corrected chi connectivity index (χ4v) is 1.73. The Morgan fingerprint density at radius 1 is 1.17 bits per heavy atom. The van der Waals surface area contributed by atoms with Crippen molar-refractivity contribution in [1.82, 2.24) is 0 Å². The van der Waals surface area contributed by atoms with E-state index in [1.165, 1.54) is 12.8 Å². The smallest absolute Gasteiger partial charge is 0.129 e. The third-order valence-electron chi connectivity index (χ3n) is 2.53. The summed E-state index contributed by atoms with van der Waals surface area (Å²) in [5, 5.41) is 0. The first-order valence-electron chi connectivity index (χ1n) is 6.35. The van der Waals surface area contributed by atoms with E-state index in [-0.39, 0.29) is 0 Å². The monoisotopic (exact) mass is 267 g/mol. The summed E-state index contributed by atoms with van der Waals surface area (Å²) < 4.78 is 11.1. The zero-order chi connectivity index (χ0) is 13.2. The molecule has 0 heterocycles. The van der Waals surface area contributed by atoms with Crippen molar-refractivity contribution in [2.75, 3.05) is 19.8 Å². The summed E-state index contributed by atoms with van der Waals surface area (Å²) in [6.45, 7) is 4.09. The summed E-state index contributed by atoms with van der Waals surface area (Å²) in [6.07, 6.45) is 3.53. The van der Waals surface area contributed by atoms with Crippen molar-refractivity contribution < 1.29 is 9.47 Å². The number of para-hydroxylation sites is 1. The van der Waals surface area contributed by atoms with E-state index in [9.17, 15) is 0 Å². The molecule has 0 aliphatic rings. The molecule has 100 valence electrons. The van der Waals surface area contributed by atoms with Gasteiger partial charge in [0.2, 0.25) is 0 Å². The number of ether oxygens (including phenoxy) is 2. The molecule has 1 aromatic rings. The average molecular weight is 267 g/mol. The van der Waals surface area contributed by atoms with Gasteiger partial charge in [0, 0.05) is 6.61 Å². The van der Waals surface area contributed by atoms with Crippen LogP contribution in [-0.2, 0) is 4.74 Å². The van der Waals surface area contributed by atoms with Crippen LogP contribution in [-0.4, -0.2) is 24.8 Å². The van der Waals surface area contributed by atoms with Crippen molar-refractivity contribution in [2.45, 2.75) is 26.2 Å². The van der Waals surface area contributed by atoms with Gasteiger partial charge in [-0.25, -0.2) is 0 Å². The highest BCUT2D eigenvalue weighted by molar-refractivity contribution is 7.80. The number of hydrogen-bond donors (Lipinski definition) is 1. The normalized spacial score (nSPS) is 10.3. The van der Waals surface area contributed by atoms with Gasteiger partial charge in [0.15, 0.2) is 0 Å². The van der Waals surface area contributed by atoms with Gasteiger partial charge in [-0.05, 0) is 18.6 Å². The molecule has 0 unspecified atom stereocenters. The van der Waals surface area contributed by atoms with E-state index in [1.807, 2.05) is 24.3 Å². The first-order valence-corrected chi connectivity index (χ1v) is 6.76. The van der Waals surface area contributed by atoms with E-state index in [0.717, 1.165) is 24.3 Å². The van der Waals surface area contributed by atoms with Gasteiger partial charge in [-0.15, -0.1) is 0 Å². The predicted molar refractivity (Wildman–Crippen MR) is 78.2 cm³/mol.